The third-order valence-corrected chi connectivity index (χ3v) is 4.12. The number of hydrogen-bond donors (Lipinski definition) is 1. The molecule has 7 heteroatoms. The Kier molecular flexibility index (Phi) is 5.52. The molecule has 1 fully saturated rings. The van der Waals surface area contributed by atoms with Gasteiger partial charge in [0.15, 0.2) is 5.82 Å². The summed E-state index contributed by atoms with van der Waals surface area (Å²) < 4.78 is 5.23. The molecule has 124 valence electrons. The Morgan fingerprint density at radius 3 is 2.41 bits per heavy atom. The fraction of sp³-hybridized carbons (Fsp3) is 0.800. The quantitative estimate of drug-likeness (QED) is 0.871. The van der Waals surface area contributed by atoms with E-state index >= 15 is 0 Å². The summed E-state index contributed by atoms with van der Waals surface area (Å²) in [5.41, 5.74) is 6.00. The van der Waals surface area contributed by atoms with E-state index in [-0.39, 0.29) is 18.0 Å². The van der Waals surface area contributed by atoms with Gasteiger partial charge in [-0.2, -0.15) is 4.98 Å². The van der Waals surface area contributed by atoms with Gasteiger partial charge < -0.3 is 15.2 Å². The molecule has 2 heterocycles. The van der Waals surface area contributed by atoms with Crippen molar-refractivity contribution in [2.75, 3.05) is 26.2 Å². The molecule has 1 aromatic rings. The molecular weight excluding hydrogens is 282 g/mol. The van der Waals surface area contributed by atoms with Gasteiger partial charge in [0, 0.05) is 26.2 Å². The summed E-state index contributed by atoms with van der Waals surface area (Å²) in [5, 5.41) is 3.83. The molecule has 2 N–H and O–H groups in total. The summed E-state index contributed by atoms with van der Waals surface area (Å²) in [6.07, 6.45) is 0.733. The van der Waals surface area contributed by atoms with Gasteiger partial charge >= 0.3 is 0 Å². The van der Waals surface area contributed by atoms with E-state index in [1.807, 2.05) is 11.8 Å². The van der Waals surface area contributed by atoms with Crippen LogP contribution in [0.4, 0.5) is 0 Å². The molecule has 0 aromatic carbocycles. The summed E-state index contributed by atoms with van der Waals surface area (Å²) in [5.74, 6) is 1.78. The van der Waals surface area contributed by atoms with Crippen molar-refractivity contribution in [3.05, 3.63) is 11.7 Å². The number of piperazine rings is 1. The molecule has 1 aliphatic heterocycles. The summed E-state index contributed by atoms with van der Waals surface area (Å²) >= 11 is 0. The second-order valence-electron chi connectivity index (χ2n) is 6.45. The molecule has 1 unspecified atom stereocenters. The first-order chi connectivity index (χ1) is 10.4. The van der Waals surface area contributed by atoms with Gasteiger partial charge in [0.2, 0.25) is 11.8 Å². The van der Waals surface area contributed by atoms with Crippen LogP contribution in [0, 0.1) is 12.8 Å². The van der Waals surface area contributed by atoms with E-state index < -0.39 is 0 Å². The van der Waals surface area contributed by atoms with Crippen molar-refractivity contribution >= 4 is 5.91 Å². The van der Waals surface area contributed by atoms with Crippen molar-refractivity contribution in [2.24, 2.45) is 11.7 Å². The number of carbonyl (C=O) groups is 1. The average Bonchev–Trinajstić information content (AvgIpc) is 2.91. The standard InChI is InChI=1S/C15H27N5O2/c1-10(2)9-13(16)15(21)20-7-5-19(6-8-20)11(3)14-17-12(4)18-22-14/h10-11,13H,5-9,16H2,1-4H3/t11?,13-/m0/s1. The Balaban J connectivity index is 1.86. The molecule has 1 amide bonds. The van der Waals surface area contributed by atoms with E-state index in [9.17, 15) is 4.79 Å². The Labute approximate surface area is 131 Å². The third-order valence-electron chi connectivity index (χ3n) is 4.12. The minimum absolute atomic E-state index is 0.0645. The van der Waals surface area contributed by atoms with Gasteiger partial charge in [-0.15, -0.1) is 0 Å². The van der Waals surface area contributed by atoms with Crippen LogP contribution < -0.4 is 5.73 Å². The highest BCUT2D eigenvalue weighted by molar-refractivity contribution is 5.81. The van der Waals surface area contributed by atoms with Crippen LogP contribution in [-0.4, -0.2) is 58.1 Å². The summed E-state index contributed by atoms with van der Waals surface area (Å²) in [6.45, 7) is 11.0. The molecule has 1 aliphatic rings. The molecule has 0 bridgehead atoms. The van der Waals surface area contributed by atoms with Crippen molar-refractivity contribution < 1.29 is 9.32 Å². The lowest BCUT2D eigenvalue weighted by molar-refractivity contribution is -0.135. The Hall–Kier alpha value is -1.47. The zero-order valence-electron chi connectivity index (χ0n) is 14.0. The van der Waals surface area contributed by atoms with E-state index in [4.69, 9.17) is 10.3 Å². The van der Waals surface area contributed by atoms with Crippen LogP contribution in [0.2, 0.25) is 0 Å². The molecule has 22 heavy (non-hydrogen) atoms. The van der Waals surface area contributed by atoms with E-state index in [1.54, 1.807) is 0 Å². The molecule has 1 saturated heterocycles. The number of aryl methyl sites for hydroxylation is 1. The molecule has 7 nitrogen and oxygen atoms in total. The molecule has 0 radical (unpaired) electrons. The van der Waals surface area contributed by atoms with Gasteiger partial charge in [-0.25, -0.2) is 0 Å². The molecule has 0 aliphatic carbocycles. The van der Waals surface area contributed by atoms with Gasteiger partial charge in [0.05, 0.1) is 12.1 Å². The minimum atomic E-state index is -0.387. The number of aromatic nitrogens is 2. The summed E-state index contributed by atoms with van der Waals surface area (Å²) in [4.78, 5) is 20.7. The van der Waals surface area contributed by atoms with E-state index in [1.165, 1.54) is 0 Å². The van der Waals surface area contributed by atoms with E-state index in [0.717, 1.165) is 19.5 Å². The van der Waals surface area contributed by atoms with Crippen LogP contribution in [0.5, 0.6) is 0 Å². The smallest absolute Gasteiger partial charge is 0.243 e. The van der Waals surface area contributed by atoms with Gasteiger partial charge in [0.1, 0.15) is 0 Å². The number of amides is 1. The number of carbonyl (C=O) groups excluding carboxylic acids is 1. The van der Waals surface area contributed by atoms with Crippen LogP contribution in [0.1, 0.15) is 44.9 Å². The van der Waals surface area contributed by atoms with E-state index in [0.29, 0.717) is 30.7 Å². The highest BCUT2D eigenvalue weighted by atomic mass is 16.5. The van der Waals surface area contributed by atoms with Crippen LogP contribution in [0.3, 0.4) is 0 Å². The van der Waals surface area contributed by atoms with Gasteiger partial charge in [-0.05, 0) is 26.2 Å². The zero-order chi connectivity index (χ0) is 16.3. The van der Waals surface area contributed by atoms with Crippen LogP contribution in [0.25, 0.3) is 0 Å². The van der Waals surface area contributed by atoms with Crippen molar-refractivity contribution in [3.63, 3.8) is 0 Å². The van der Waals surface area contributed by atoms with Crippen molar-refractivity contribution in [1.82, 2.24) is 19.9 Å². The largest absolute Gasteiger partial charge is 0.339 e. The normalized spacial score (nSPS) is 19.5. The fourth-order valence-corrected chi connectivity index (χ4v) is 2.81. The highest BCUT2D eigenvalue weighted by Gasteiger charge is 2.29. The molecule has 1 aromatic heterocycles. The SMILES string of the molecule is Cc1noc(C(C)N2CCN(C(=O)[C@@H](N)CC(C)C)CC2)n1. The number of rotatable bonds is 5. The zero-order valence-corrected chi connectivity index (χ0v) is 14.0. The maximum absolute atomic E-state index is 12.3. The predicted molar refractivity (Wildman–Crippen MR) is 83.0 cm³/mol. The summed E-state index contributed by atoms with van der Waals surface area (Å²) in [6, 6.07) is -0.314. The second-order valence-corrected chi connectivity index (χ2v) is 6.45. The first-order valence-corrected chi connectivity index (χ1v) is 7.97. The second kappa shape index (κ2) is 7.19. The molecule has 0 spiro atoms. The van der Waals surface area contributed by atoms with E-state index in [2.05, 4.69) is 35.8 Å². The first-order valence-electron chi connectivity index (χ1n) is 7.97. The van der Waals surface area contributed by atoms with Gasteiger partial charge in [-0.1, -0.05) is 19.0 Å². The third kappa shape index (κ3) is 4.04. The van der Waals surface area contributed by atoms with Crippen molar-refractivity contribution in [1.29, 1.82) is 0 Å². The lowest BCUT2D eigenvalue weighted by Gasteiger charge is -2.37. The maximum Gasteiger partial charge on any atom is 0.243 e. The van der Waals surface area contributed by atoms with Crippen LogP contribution in [0.15, 0.2) is 4.52 Å². The molecule has 2 rings (SSSR count). The van der Waals surface area contributed by atoms with Crippen molar-refractivity contribution in [3.8, 4) is 0 Å². The lowest BCUT2D eigenvalue weighted by Crippen LogP contribution is -2.53. The average molecular weight is 309 g/mol. The predicted octanol–water partition coefficient (Wildman–Crippen LogP) is 0.957. The Bertz CT molecular complexity index is 494. The molecular formula is C15H27N5O2. The Morgan fingerprint density at radius 2 is 1.91 bits per heavy atom. The topological polar surface area (TPSA) is 88.5 Å². The van der Waals surface area contributed by atoms with Crippen LogP contribution >= 0.6 is 0 Å². The fourth-order valence-electron chi connectivity index (χ4n) is 2.81. The highest BCUT2D eigenvalue weighted by Crippen LogP contribution is 2.20. The first kappa shape index (κ1) is 16.9. The maximum atomic E-state index is 12.3. The summed E-state index contributed by atoms with van der Waals surface area (Å²) in [7, 11) is 0. The minimum Gasteiger partial charge on any atom is -0.339 e. The number of nitrogens with two attached hydrogens (primary N) is 1. The van der Waals surface area contributed by atoms with Gasteiger partial charge in [0.25, 0.3) is 0 Å². The molecule has 0 saturated carbocycles. The Morgan fingerprint density at radius 1 is 1.27 bits per heavy atom. The van der Waals surface area contributed by atoms with Crippen LogP contribution in [-0.2, 0) is 4.79 Å². The number of nitrogens with zero attached hydrogens (tertiary/aromatic N) is 4. The monoisotopic (exact) mass is 309 g/mol. The van der Waals surface area contributed by atoms with Crippen molar-refractivity contribution in [2.45, 2.75) is 46.2 Å². The lowest BCUT2D eigenvalue weighted by atomic mass is 10.0. The number of hydrogen-bond acceptors (Lipinski definition) is 6. The molecule has 2 atom stereocenters. The van der Waals surface area contributed by atoms with Gasteiger partial charge in [-0.3, -0.25) is 9.69 Å².